The minimum absolute atomic E-state index is 0.0550. The van der Waals surface area contributed by atoms with E-state index in [1.807, 2.05) is 4.72 Å². The molecule has 1 atom stereocenters. The first-order valence-corrected chi connectivity index (χ1v) is 7.52. The number of nitrogens with one attached hydrogen (secondary N) is 3. The Morgan fingerprint density at radius 1 is 1.55 bits per heavy atom. The number of aromatic nitrogens is 2. The lowest BCUT2D eigenvalue weighted by atomic mass is 10.2. The summed E-state index contributed by atoms with van der Waals surface area (Å²) in [5.41, 5.74) is 0. The van der Waals surface area contributed by atoms with Gasteiger partial charge in [-0.25, -0.2) is 14.2 Å². The van der Waals surface area contributed by atoms with Crippen LogP contribution in [0.5, 0.6) is 0 Å². The Labute approximate surface area is 115 Å². The third-order valence-corrected chi connectivity index (χ3v) is 3.39. The molecule has 0 aromatic carbocycles. The number of anilines is 1. The molecule has 1 unspecified atom stereocenters. The largest absolute Gasteiger partial charge is 0.449 e. The van der Waals surface area contributed by atoms with Crippen LogP contribution in [0, 0.1) is 0 Å². The predicted octanol–water partition coefficient (Wildman–Crippen LogP) is -0.103. The van der Waals surface area contributed by atoms with Crippen molar-refractivity contribution in [3.8, 4) is 0 Å². The van der Waals surface area contributed by atoms with E-state index in [9.17, 15) is 13.2 Å². The maximum atomic E-state index is 11.5. The van der Waals surface area contributed by atoms with Crippen molar-refractivity contribution in [3.05, 3.63) is 5.89 Å². The molecule has 1 aromatic rings. The fourth-order valence-electron chi connectivity index (χ4n) is 1.72. The van der Waals surface area contributed by atoms with Gasteiger partial charge in [0.25, 0.3) is 0 Å². The van der Waals surface area contributed by atoms with Gasteiger partial charge in [0.1, 0.15) is 0 Å². The van der Waals surface area contributed by atoms with E-state index in [-0.39, 0.29) is 18.7 Å². The molecule has 2 rings (SSSR count). The lowest BCUT2D eigenvalue weighted by molar-refractivity contribution is 0.159. The van der Waals surface area contributed by atoms with Crippen molar-refractivity contribution < 1.29 is 22.4 Å². The molecule has 0 saturated carbocycles. The first-order valence-electron chi connectivity index (χ1n) is 6.04. The van der Waals surface area contributed by atoms with Crippen LogP contribution in [0.4, 0.5) is 10.8 Å². The minimum Gasteiger partial charge on any atom is -0.449 e. The summed E-state index contributed by atoms with van der Waals surface area (Å²) in [5, 5.41) is 10.4. The van der Waals surface area contributed by atoms with Gasteiger partial charge in [-0.2, -0.15) is 8.42 Å². The van der Waals surface area contributed by atoms with E-state index in [1.165, 1.54) is 0 Å². The van der Waals surface area contributed by atoms with E-state index in [1.54, 1.807) is 11.6 Å². The van der Waals surface area contributed by atoms with Gasteiger partial charge in [0.05, 0.1) is 12.6 Å². The quantitative estimate of drug-likeness (QED) is 0.686. The van der Waals surface area contributed by atoms with Crippen molar-refractivity contribution in [2.24, 2.45) is 0 Å². The van der Waals surface area contributed by atoms with Gasteiger partial charge < -0.3 is 14.5 Å². The van der Waals surface area contributed by atoms with E-state index < -0.39 is 16.3 Å². The summed E-state index contributed by atoms with van der Waals surface area (Å²) in [7, 11) is -4.16. The van der Waals surface area contributed by atoms with Gasteiger partial charge in [-0.1, -0.05) is 5.10 Å². The number of amides is 1. The highest BCUT2D eigenvalue weighted by Crippen LogP contribution is 2.22. The summed E-state index contributed by atoms with van der Waals surface area (Å²) in [6.07, 6.45) is 0.741. The highest BCUT2D eigenvalue weighted by atomic mass is 32.2. The number of hydrogen-bond donors (Lipinski definition) is 3. The monoisotopic (exact) mass is 305 g/mol. The molecule has 1 aliphatic rings. The number of hydrogen-bond acceptors (Lipinski definition) is 8. The van der Waals surface area contributed by atoms with Crippen molar-refractivity contribution in [1.82, 2.24) is 20.2 Å². The molecular weight excluding hydrogens is 290 g/mol. The van der Waals surface area contributed by atoms with E-state index in [0.29, 0.717) is 5.89 Å². The highest BCUT2D eigenvalue weighted by molar-refractivity contribution is 7.91. The zero-order chi connectivity index (χ0) is 14.6. The zero-order valence-corrected chi connectivity index (χ0v) is 11.6. The lowest BCUT2D eigenvalue weighted by Gasteiger charge is -2.06. The minimum atomic E-state index is -4.16. The second-order valence-electron chi connectivity index (χ2n) is 4.02. The first-order chi connectivity index (χ1) is 9.50. The molecule has 0 radical (unpaired) electrons. The fourth-order valence-corrected chi connectivity index (χ4v) is 2.36. The van der Waals surface area contributed by atoms with E-state index in [0.717, 1.165) is 19.4 Å². The van der Waals surface area contributed by atoms with Gasteiger partial charge in [0, 0.05) is 0 Å². The molecule has 1 fully saturated rings. The van der Waals surface area contributed by atoms with Crippen LogP contribution in [0.2, 0.25) is 0 Å². The molecule has 0 spiro atoms. The third kappa shape index (κ3) is 3.81. The molecule has 1 amide bonds. The molecule has 10 nitrogen and oxygen atoms in total. The van der Waals surface area contributed by atoms with Gasteiger partial charge in [0.2, 0.25) is 5.89 Å². The molecule has 112 valence electrons. The van der Waals surface area contributed by atoms with Crippen molar-refractivity contribution in [3.63, 3.8) is 0 Å². The summed E-state index contributed by atoms with van der Waals surface area (Å²) in [6.45, 7) is 2.45. The number of rotatable bonds is 5. The molecule has 2 heterocycles. The highest BCUT2D eigenvalue weighted by Gasteiger charge is 2.24. The maximum Gasteiger partial charge on any atom is 0.422 e. The summed E-state index contributed by atoms with van der Waals surface area (Å²) in [4.78, 5) is 11.0. The number of carbonyl (C=O) groups is 1. The summed E-state index contributed by atoms with van der Waals surface area (Å²) in [5.74, 6) is 0.302. The molecule has 3 N–H and O–H groups in total. The van der Waals surface area contributed by atoms with Crippen molar-refractivity contribution in [2.75, 3.05) is 17.9 Å². The molecule has 0 bridgehead atoms. The molecule has 20 heavy (non-hydrogen) atoms. The number of nitrogens with zero attached hydrogens (tertiary/aromatic N) is 2. The molecule has 1 aliphatic heterocycles. The fraction of sp³-hybridized carbons (Fsp3) is 0.667. The Morgan fingerprint density at radius 3 is 3.00 bits per heavy atom. The Morgan fingerprint density at radius 2 is 2.35 bits per heavy atom. The van der Waals surface area contributed by atoms with Crippen LogP contribution in [-0.2, 0) is 14.9 Å². The summed E-state index contributed by atoms with van der Waals surface area (Å²) >= 11 is 0. The van der Waals surface area contributed by atoms with Gasteiger partial charge in [0.15, 0.2) is 0 Å². The first kappa shape index (κ1) is 14.5. The van der Waals surface area contributed by atoms with Gasteiger partial charge in [-0.3, -0.25) is 0 Å². The average Bonchev–Trinajstić information content (AvgIpc) is 2.97. The molecule has 11 heteroatoms. The van der Waals surface area contributed by atoms with Crippen LogP contribution in [0.1, 0.15) is 31.7 Å². The normalized spacial score (nSPS) is 18.8. The number of ether oxygens (including phenoxy) is 1. The molecule has 0 aliphatic carbocycles. The van der Waals surface area contributed by atoms with Crippen molar-refractivity contribution in [2.45, 2.75) is 25.8 Å². The smallest absolute Gasteiger partial charge is 0.422 e. The lowest BCUT2D eigenvalue weighted by Crippen LogP contribution is -2.35. The second kappa shape index (κ2) is 6.05. The second-order valence-corrected chi connectivity index (χ2v) is 5.44. The van der Waals surface area contributed by atoms with Crippen LogP contribution in [0.15, 0.2) is 4.42 Å². The van der Waals surface area contributed by atoms with Gasteiger partial charge in [-0.05, 0) is 26.3 Å². The average molecular weight is 305 g/mol. The topological polar surface area (TPSA) is 135 Å². The summed E-state index contributed by atoms with van der Waals surface area (Å²) in [6, 6.07) is -0.385. The number of carbonyl (C=O) groups excluding carboxylic acids is 1. The van der Waals surface area contributed by atoms with Crippen LogP contribution in [0.25, 0.3) is 0 Å². The third-order valence-electron chi connectivity index (χ3n) is 2.51. The van der Waals surface area contributed by atoms with Crippen LogP contribution < -0.4 is 14.8 Å². The Bertz CT molecular complexity index is 565. The predicted molar refractivity (Wildman–Crippen MR) is 67.0 cm³/mol. The Kier molecular flexibility index (Phi) is 4.39. The molecule has 1 saturated heterocycles. The van der Waals surface area contributed by atoms with E-state index in [4.69, 9.17) is 4.42 Å². The van der Waals surface area contributed by atoms with Crippen molar-refractivity contribution >= 4 is 22.3 Å². The van der Waals surface area contributed by atoms with Crippen molar-refractivity contribution in [1.29, 1.82) is 0 Å². The van der Waals surface area contributed by atoms with Gasteiger partial charge in [-0.15, -0.1) is 5.10 Å². The molecular formula is C9H15N5O5S. The SMILES string of the molecule is CCOC(=O)NS(=O)(=O)Nc1nnc(C2CCCN2)o1. The van der Waals surface area contributed by atoms with Gasteiger partial charge >= 0.3 is 22.3 Å². The van der Waals surface area contributed by atoms with Crippen LogP contribution >= 0.6 is 0 Å². The van der Waals surface area contributed by atoms with E-state index in [2.05, 4.69) is 20.3 Å². The van der Waals surface area contributed by atoms with Crippen LogP contribution in [0.3, 0.4) is 0 Å². The standard InChI is InChI=1S/C9H15N5O5S/c1-2-18-9(15)14-20(16,17)13-8-12-11-7(19-8)6-4-3-5-10-6/h6,10H,2-5H2,1H3,(H,12,13)(H,14,15). The van der Waals surface area contributed by atoms with Crippen LogP contribution in [-0.4, -0.2) is 37.9 Å². The van der Waals surface area contributed by atoms with E-state index >= 15 is 0 Å². The Hall–Kier alpha value is -1.88. The maximum absolute atomic E-state index is 11.5. The summed E-state index contributed by atoms with van der Waals surface area (Å²) < 4.78 is 36.3. The zero-order valence-electron chi connectivity index (χ0n) is 10.7. The Balaban J connectivity index is 1.97. The molecule has 1 aromatic heterocycles.